The van der Waals surface area contributed by atoms with Gasteiger partial charge >= 0.3 is 17.9 Å². The van der Waals surface area contributed by atoms with Gasteiger partial charge in [-0.2, -0.15) is 0 Å². The van der Waals surface area contributed by atoms with Crippen LogP contribution in [-0.4, -0.2) is 42.5 Å². The van der Waals surface area contributed by atoms with Crippen molar-refractivity contribution in [1.29, 1.82) is 0 Å². The smallest absolute Gasteiger partial charge is 0.331 e. The highest BCUT2D eigenvalue weighted by Gasteiger charge is 2.22. The molecule has 0 aliphatic heterocycles. The van der Waals surface area contributed by atoms with Gasteiger partial charge in [0.2, 0.25) is 0 Å². The van der Waals surface area contributed by atoms with Crippen molar-refractivity contribution in [2.75, 3.05) is 23.0 Å². The van der Waals surface area contributed by atoms with E-state index in [4.69, 9.17) is 18.9 Å². The lowest BCUT2D eigenvalue weighted by atomic mass is 9.96. The highest BCUT2D eigenvalue weighted by atomic mass is 16.6. The second-order valence-electron chi connectivity index (χ2n) is 19.7. The molecule has 3 unspecified atom stereocenters. The molecular weight excluding hydrogens is 997 g/mol. The Hall–Kier alpha value is -9.09. The molecule has 3 aliphatic rings. The predicted octanol–water partition coefficient (Wildman–Crippen LogP) is 15.0. The normalized spacial score (nSPS) is 16.2. The molecule has 0 spiro atoms. The molecule has 3 atom stereocenters. The number of anilines is 4. The summed E-state index contributed by atoms with van der Waals surface area (Å²) in [5, 5.41) is 10.6. The molecule has 80 heavy (non-hydrogen) atoms. The fraction of sp³-hybridized carbons (Fsp3) is 0.186. The summed E-state index contributed by atoms with van der Waals surface area (Å²) in [6.07, 6.45) is 32.0. The van der Waals surface area contributed by atoms with Crippen LogP contribution < -0.4 is 9.80 Å². The topological polar surface area (TPSA) is 115 Å². The number of benzene rings is 6. The van der Waals surface area contributed by atoms with E-state index < -0.39 is 18.2 Å². The fourth-order valence-electron chi connectivity index (χ4n) is 9.37. The number of nitrogens with zero attached hydrogens (tertiary/aromatic N) is 2. The lowest BCUT2D eigenvalue weighted by Crippen LogP contribution is -2.21. The van der Waals surface area contributed by atoms with E-state index in [0.29, 0.717) is 31.8 Å². The summed E-state index contributed by atoms with van der Waals surface area (Å²) in [6, 6.07) is 53.5. The molecule has 404 valence electrons. The lowest BCUT2D eigenvalue weighted by molar-refractivity contribution is -0.143. The molecular formula is C70H66N2O8. The number of aliphatic hydroxyl groups is 1. The molecule has 1 N–H and O–H groups in total. The number of hydrogen-bond donors (Lipinski definition) is 1. The van der Waals surface area contributed by atoms with E-state index in [1.807, 2.05) is 158 Å². The highest BCUT2D eigenvalue weighted by molar-refractivity contribution is 5.87. The molecule has 0 aromatic heterocycles. The minimum absolute atomic E-state index is 0.0476. The molecule has 6 aromatic rings. The van der Waals surface area contributed by atoms with E-state index in [0.717, 1.165) is 86.8 Å². The summed E-state index contributed by atoms with van der Waals surface area (Å²) < 4.78 is 22.9. The molecule has 6 aromatic carbocycles. The summed E-state index contributed by atoms with van der Waals surface area (Å²) in [4.78, 5) is 42.6. The molecule has 0 saturated heterocycles. The summed E-state index contributed by atoms with van der Waals surface area (Å²) in [5.41, 5.74) is 11.3. The Labute approximate surface area is 469 Å². The van der Waals surface area contributed by atoms with Crippen molar-refractivity contribution in [3.05, 3.63) is 281 Å². The van der Waals surface area contributed by atoms with Crippen molar-refractivity contribution in [1.82, 2.24) is 0 Å². The molecule has 0 radical (unpaired) electrons. The van der Waals surface area contributed by atoms with Crippen molar-refractivity contribution < 1.29 is 38.4 Å². The second-order valence-corrected chi connectivity index (χ2v) is 19.7. The lowest BCUT2D eigenvalue weighted by Gasteiger charge is -2.32. The number of allylic oxidation sites excluding steroid dienone is 9. The van der Waals surface area contributed by atoms with E-state index in [1.54, 1.807) is 18.2 Å². The van der Waals surface area contributed by atoms with Crippen LogP contribution >= 0.6 is 0 Å². The average molecular weight is 1060 g/mol. The molecule has 0 fully saturated rings. The van der Waals surface area contributed by atoms with Crippen molar-refractivity contribution in [2.24, 2.45) is 11.8 Å². The van der Waals surface area contributed by atoms with Crippen LogP contribution in [0.15, 0.2) is 254 Å². The Bertz CT molecular complexity index is 3280. The summed E-state index contributed by atoms with van der Waals surface area (Å²) >= 11 is 0. The van der Waals surface area contributed by atoms with Gasteiger partial charge in [0.1, 0.15) is 19.8 Å². The maximum absolute atomic E-state index is 12.8. The number of hydrogen-bond acceptors (Lipinski definition) is 10. The SMILES string of the molecule is O=C(/C=C/c1ccccc1)OCc1ccc(N(C2=CCC(COC(O)/C=C/c3ccccc3)C=C2)c2ccc(N(C3=CC=C(COC(=O)CCC4C=CC=CC4)CC3)c3ccc(COC(=O)/C=C/c4ccccc4)cc3)cc2)cc1. The first-order chi connectivity index (χ1) is 39.3. The Balaban J connectivity index is 0.933. The number of carbonyl (C=O) groups excluding carboxylic acids is 3. The summed E-state index contributed by atoms with van der Waals surface area (Å²) in [6.45, 7) is 0.832. The minimum atomic E-state index is -1.04. The van der Waals surface area contributed by atoms with E-state index in [-0.39, 0.29) is 31.7 Å². The quantitative estimate of drug-likeness (QED) is 0.0272. The Morgan fingerprint density at radius 2 is 1.09 bits per heavy atom. The Morgan fingerprint density at radius 1 is 0.550 bits per heavy atom. The third-order valence-corrected chi connectivity index (χ3v) is 13.8. The van der Waals surface area contributed by atoms with Crippen LogP contribution in [0, 0.1) is 11.8 Å². The van der Waals surface area contributed by atoms with Crippen LogP contribution in [-0.2, 0) is 46.5 Å². The zero-order valence-electron chi connectivity index (χ0n) is 44.8. The zero-order chi connectivity index (χ0) is 55.1. The van der Waals surface area contributed by atoms with Crippen LogP contribution in [0.2, 0.25) is 0 Å². The van der Waals surface area contributed by atoms with E-state index >= 15 is 0 Å². The monoisotopic (exact) mass is 1060 g/mol. The van der Waals surface area contributed by atoms with Gasteiger partial charge in [-0.25, -0.2) is 9.59 Å². The Morgan fingerprint density at radius 3 is 1.59 bits per heavy atom. The van der Waals surface area contributed by atoms with Gasteiger partial charge in [0.15, 0.2) is 6.29 Å². The predicted molar refractivity (Wildman–Crippen MR) is 319 cm³/mol. The molecule has 9 rings (SSSR count). The molecule has 10 nitrogen and oxygen atoms in total. The highest BCUT2D eigenvalue weighted by Crippen LogP contribution is 2.39. The molecule has 0 amide bonds. The number of esters is 3. The zero-order valence-corrected chi connectivity index (χ0v) is 44.8. The molecule has 0 bridgehead atoms. The van der Waals surface area contributed by atoms with Gasteiger partial charge in [0.25, 0.3) is 0 Å². The fourth-order valence-corrected chi connectivity index (χ4v) is 9.37. The van der Waals surface area contributed by atoms with Gasteiger partial charge < -0.3 is 33.9 Å². The van der Waals surface area contributed by atoms with Crippen molar-refractivity contribution >= 4 is 58.9 Å². The van der Waals surface area contributed by atoms with E-state index in [2.05, 4.69) is 76.6 Å². The number of rotatable bonds is 24. The maximum atomic E-state index is 12.8. The molecule has 3 aliphatic carbocycles. The minimum Gasteiger partial charge on any atom is -0.461 e. The molecule has 0 saturated carbocycles. The Kier molecular flexibility index (Phi) is 20.2. The molecule has 10 heteroatoms. The van der Waals surface area contributed by atoms with Crippen LogP contribution in [0.1, 0.15) is 66.3 Å². The second kappa shape index (κ2) is 29.0. The first kappa shape index (κ1) is 55.7. The van der Waals surface area contributed by atoms with Gasteiger partial charge in [-0.1, -0.05) is 164 Å². The van der Waals surface area contributed by atoms with Crippen molar-refractivity contribution in [3.63, 3.8) is 0 Å². The first-order valence-electron chi connectivity index (χ1n) is 27.2. The largest absolute Gasteiger partial charge is 0.461 e. The summed E-state index contributed by atoms with van der Waals surface area (Å²) in [5.74, 6) is -0.620. The number of carbonyl (C=O) groups is 3. The third-order valence-electron chi connectivity index (χ3n) is 13.8. The first-order valence-corrected chi connectivity index (χ1v) is 27.2. The summed E-state index contributed by atoms with van der Waals surface area (Å²) in [7, 11) is 0. The van der Waals surface area contributed by atoms with Gasteiger partial charge in [-0.05, 0) is 150 Å². The number of ether oxygens (including phenoxy) is 4. The van der Waals surface area contributed by atoms with Crippen molar-refractivity contribution in [2.45, 2.75) is 58.0 Å². The van der Waals surface area contributed by atoms with Gasteiger partial charge in [-0.15, -0.1) is 0 Å². The maximum Gasteiger partial charge on any atom is 0.331 e. The number of aliphatic hydroxyl groups excluding tert-OH is 1. The van der Waals surface area contributed by atoms with Crippen LogP contribution in [0.25, 0.3) is 18.2 Å². The average Bonchev–Trinajstić information content (AvgIpc) is 3.52. The molecule has 0 heterocycles. The van der Waals surface area contributed by atoms with E-state index in [9.17, 15) is 19.5 Å². The van der Waals surface area contributed by atoms with Crippen LogP contribution in [0.4, 0.5) is 22.7 Å². The van der Waals surface area contributed by atoms with Crippen LogP contribution in [0.3, 0.4) is 0 Å². The van der Waals surface area contributed by atoms with Gasteiger partial charge in [0.05, 0.1) is 6.61 Å². The standard InChI is InChI=1S/C70H66N2O8/c73-67(45-29-53-13-5-1-6-14-53)77-49-57-21-33-61(34-22-57)71(62-35-23-58(24-36-62)50-78-68(74)46-30-54-15-7-2-8-16-54)65-41-43-66(44-42-65)72(63-37-25-59(26-38-63)51-79-69(75)47-31-55-17-9-3-10-18-55)64-39-27-60(28-40-64)52-80-70(76)48-32-56-19-11-4-12-20-56/h1-19,21-23,25-27,29-31,33-39,41-47,56,58,68,74H,20,24,28,32,40,48-52H2/b45-29+,46-30+,47-31+. The van der Waals surface area contributed by atoms with Gasteiger partial charge in [0, 0.05) is 58.6 Å². The third kappa shape index (κ3) is 17.0. The van der Waals surface area contributed by atoms with Crippen LogP contribution in [0.5, 0.6) is 0 Å². The van der Waals surface area contributed by atoms with Gasteiger partial charge in [-0.3, -0.25) is 4.79 Å². The van der Waals surface area contributed by atoms with E-state index in [1.165, 1.54) is 12.2 Å². The van der Waals surface area contributed by atoms with Crippen molar-refractivity contribution in [3.8, 4) is 0 Å².